The van der Waals surface area contributed by atoms with E-state index in [1.807, 2.05) is 0 Å². The average Bonchev–Trinajstić information content (AvgIpc) is 2.34. The van der Waals surface area contributed by atoms with Crippen LogP contribution in [-0.2, 0) is 0 Å². The number of ether oxygens (including phenoxy) is 1. The van der Waals surface area contributed by atoms with Gasteiger partial charge in [-0.3, -0.25) is 0 Å². The van der Waals surface area contributed by atoms with Gasteiger partial charge in [-0.25, -0.2) is 4.39 Å². The minimum atomic E-state index is -0.833. The SMILES string of the molecule is C[C@H](O)c1cc(F)ccc1Oc1ccc(Br)cc1Cl. The molecule has 0 bridgehead atoms. The minimum Gasteiger partial charge on any atom is -0.455 e. The van der Waals surface area contributed by atoms with Crippen molar-refractivity contribution in [3.63, 3.8) is 0 Å². The molecule has 0 saturated carbocycles. The van der Waals surface area contributed by atoms with E-state index in [-0.39, 0.29) is 0 Å². The van der Waals surface area contributed by atoms with Crippen molar-refractivity contribution in [2.75, 3.05) is 0 Å². The van der Waals surface area contributed by atoms with Gasteiger partial charge in [-0.15, -0.1) is 0 Å². The van der Waals surface area contributed by atoms with Gasteiger partial charge in [0.2, 0.25) is 0 Å². The highest BCUT2D eigenvalue weighted by molar-refractivity contribution is 9.10. The number of hydrogen-bond acceptors (Lipinski definition) is 2. The topological polar surface area (TPSA) is 29.5 Å². The molecule has 0 saturated heterocycles. The van der Waals surface area contributed by atoms with Crippen molar-refractivity contribution < 1.29 is 14.2 Å². The van der Waals surface area contributed by atoms with E-state index in [0.717, 1.165) is 4.47 Å². The summed E-state index contributed by atoms with van der Waals surface area (Å²) in [6.45, 7) is 1.55. The smallest absolute Gasteiger partial charge is 0.146 e. The molecule has 19 heavy (non-hydrogen) atoms. The third kappa shape index (κ3) is 3.47. The molecule has 100 valence electrons. The molecule has 2 aromatic carbocycles. The Kier molecular flexibility index (Phi) is 4.45. The molecular weight excluding hydrogens is 335 g/mol. The van der Waals surface area contributed by atoms with Crippen LogP contribution in [0.25, 0.3) is 0 Å². The molecule has 5 heteroatoms. The Morgan fingerprint density at radius 3 is 2.53 bits per heavy atom. The molecule has 2 nitrogen and oxygen atoms in total. The minimum absolute atomic E-state index is 0.374. The van der Waals surface area contributed by atoms with Gasteiger partial charge >= 0.3 is 0 Å². The fraction of sp³-hybridized carbons (Fsp3) is 0.143. The lowest BCUT2D eigenvalue weighted by Crippen LogP contribution is -1.97. The summed E-state index contributed by atoms with van der Waals surface area (Å²) in [6.07, 6.45) is -0.833. The van der Waals surface area contributed by atoms with Crippen molar-refractivity contribution >= 4 is 27.5 Å². The first-order valence-corrected chi connectivity index (χ1v) is 6.75. The molecule has 1 atom stereocenters. The predicted octanol–water partition coefficient (Wildman–Crippen LogP) is 5.09. The standard InChI is InChI=1S/C14H11BrClFO2/c1-8(18)11-7-10(17)3-5-13(11)19-14-4-2-9(15)6-12(14)16/h2-8,18H,1H3/t8-/m0/s1. The lowest BCUT2D eigenvalue weighted by atomic mass is 10.1. The van der Waals surface area contributed by atoms with Crippen LogP contribution in [0.4, 0.5) is 4.39 Å². The highest BCUT2D eigenvalue weighted by atomic mass is 79.9. The molecule has 1 N–H and O–H groups in total. The zero-order valence-electron chi connectivity index (χ0n) is 10.0. The summed E-state index contributed by atoms with van der Waals surface area (Å²) in [4.78, 5) is 0. The zero-order chi connectivity index (χ0) is 14.0. The molecule has 0 aliphatic heterocycles. The molecule has 0 fully saturated rings. The molecule has 0 unspecified atom stereocenters. The second-order valence-electron chi connectivity index (χ2n) is 4.03. The molecule has 0 spiro atoms. The van der Waals surface area contributed by atoms with Crippen LogP contribution in [-0.4, -0.2) is 5.11 Å². The third-order valence-electron chi connectivity index (χ3n) is 2.54. The van der Waals surface area contributed by atoms with Crippen LogP contribution >= 0.6 is 27.5 Å². The van der Waals surface area contributed by atoms with E-state index in [1.165, 1.54) is 18.2 Å². The molecule has 0 amide bonds. The van der Waals surface area contributed by atoms with Crippen molar-refractivity contribution in [3.8, 4) is 11.5 Å². The van der Waals surface area contributed by atoms with Crippen molar-refractivity contribution in [2.24, 2.45) is 0 Å². The Balaban J connectivity index is 2.38. The van der Waals surface area contributed by atoms with E-state index in [2.05, 4.69) is 15.9 Å². The first-order valence-electron chi connectivity index (χ1n) is 5.58. The summed E-state index contributed by atoms with van der Waals surface area (Å²) >= 11 is 9.35. The van der Waals surface area contributed by atoms with Gasteiger partial charge in [0.15, 0.2) is 0 Å². The van der Waals surface area contributed by atoms with Crippen LogP contribution in [0.2, 0.25) is 5.02 Å². The van der Waals surface area contributed by atoms with Gasteiger partial charge < -0.3 is 9.84 Å². The quantitative estimate of drug-likeness (QED) is 0.840. The van der Waals surface area contributed by atoms with Crippen molar-refractivity contribution in [1.29, 1.82) is 0 Å². The third-order valence-corrected chi connectivity index (χ3v) is 3.32. The van der Waals surface area contributed by atoms with Crippen molar-refractivity contribution in [3.05, 3.63) is 57.3 Å². The largest absolute Gasteiger partial charge is 0.455 e. The lowest BCUT2D eigenvalue weighted by Gasteiger charge is -2.14. The summed E-state index contributed by atoms with van der Waals surface area (Å²) in [6, 6.07) is 9.16. The number of benzene rings is 2. The Bertz CT molecular complexity index is 602. The summed E-state index contributed by atoms with van der Waals surface area (Å²) < 4.78 is 19.6. The van der Waals surface area contributed by atoms with Crippen LogP contribution in [0.1, 0.15) is 18.6 Å². The first kappa shape index (κ1) is 14.3. The molecule has 0 aliphatic rings. The van der Waals surface area contributed by atoms with Crippen LogP contribution in [0.15, 0.2) is 40.9 Å². The Morgan fingerprint density at radius 2 is 1.89 bits per heavy atom. The van der Waals surface area contributed by atoms with Crippen LogP contribution in [0.3, 0.4) is 0 Å². The molecule has 0 aliphatic carbocycles. The first-order chi connectivity index (χ1) is 8.97. The monoisotopic (exact) mass is 344 g/mol. The van der Waals surface area contributed by atoms with Gasteiger partial charge in [-0.1, -0.05) is 27.5 Å². The van der Waals surface area contributed by atoms with Gasteiger partial charge in [0.25, 0.3) is 0 Å². The summed E-state index contributed by atoms with van der Waals surface area (Å²) in [7, 11) is 0. The van der Waals surface area contributed by atoms with Gasteiger partial charge in [-0.2, -0.15) is 0 Å². The number of aliphatic hydroxyl groups excluding tert-OH is 1. The normalized spacial score (nSPS) is 12.3. The summed E-state index contributed by atoms with van der Waals surface area (Å²) in [5, 5.41) is 10.1. The van der Waals surface area contributed by atoms with E-state index in [9.17, 15) is 9.50 Å². The maximum Gasteiger partial charge on any atom is 0.146 e. The molecule has 2 aromatic rings. The van der Waals surface area contributed by atoms with Crippen LogP contribution in [0, 0.1) is 5.82 Å². The van der Waals surface area contributed by atoms with Crippen molar-refractivity contribution in [1.82, 2.24) is 0 Å². The maximum absolute atomic E-state index is 13.2. The van der Waals surface area contributed by atoms with Gasteiger partial charge in [0.1, 0.15) is 17.3 Å². The van der Waals surface area contributed by atoms with E-state index in [1.54, 1.807) is 25.1 Å². The Hall–Kier alpha value is -1.10. The maximum atomic E-state index is 13.2. The molecule has 0 heterocycles. The molecule has 0 radical (unpaired) electrons. The highest BCUT2D eigenvalue weighted by Crippen LogP contribution is 2.35. The van der Waals surface area contributed by atoms with E-state index in [4.69, 9.17) is 16.3 Å². The molecule has 0 aromatic heterocycles. The van der Waals surface area contributed by atoms with E-state index < -0.39 is 11.9 Å². The van der Waals surface area contributed by atoms with Gasteiger partial charge in [0, 0.05) is 10.0 Å². The summed E-state index contributed by atoms with van der Waals surface area (Å²) in [5.41, 5.74) is 0.374. The second kappa shape index (κ2) is 5.90. The van der Waals surface area contributed by atoms with Crippen LogP contribution in [0.5, 0.6) is 11.5 Å². The number of halogens is 3. The van der Waals surface area contributed by atoms with Crippen molar-refractivity contribution in [2.45, 2.75) is 13.0 Å². The highest BCUT2D eigenvalue weighted by Gasteiger charge is 2.13. The van der Waals surface area contributed by atoms with Gasteiger partial charge in [0.05, 0.1) is 11.1 Å². The van der Waals surface area contributed by atoms with Crippen LogP contribution < -0.4 is 4.74 Å². The molecule has 2 rings (SSSR count). The Labute approximate surface area is 123 Å². The fourth-order valence-corrected chi connectivity index (χ4v) is 2.33. The molecular formula is C14H11BrClFO2. The fourth-order valence-electron chi connectivity index (χ4n) is 1.62. The second-order valence-corrected chi connectivity index (χ2v) is 5.36. The lowest BCUT2D eigenvalue weighted by molar-refractivity contribution is 0.195. The predicted molar refractivity (Wildman–Crippen MR) is 76.3 cm³/mol. The number of hydrogen-bond donors (Lipinski definition) is 1. The number of aliphatic hydroxyl groups is 1. The van der Waals surface area contributed by atoms with Gasteiger partial charge in [-0.05, 0) is 43.3 Å². The van der Waals surface area contributed by atoms with E-state index >= 15 is 0 Å². The van der Waals surface area contributed by atoms with E-state index in [0.29, 0.717) is 22.1 Å². The summed E-state index contributed by atoms with van der Waals surface area (Å²) in [5.74, 6) is 0.393. The average molecular weight is 346 g/mol. The zero-order valence-corrected chi connectivity index (χ0v) is 12.4. The number of rotatable bonds is 3. The Morgan fingerprint density at radius 1 is 1.21 bits per heavy atom.